The maximum Gasteiger partial charge on any atom is 0.0317 e. The fraction of sp³-hybridized carbons (Fsp3) is 0.600. The van der Waals surface area contributed by atoms with Gasteiger partial charge in [-0.3, -0.25) is 4.90 Å². The first kappa shape index (κ1) is 16.7. The third-order valence-corrected chi connectivity index (χ3v) is 4.66. The van der Waals surface area contributed by atoms with Crippen LogP contribution in [0.2, 0.25) is 0 Å². The van der Waals surface area contributed by atoms with Gasteiger partial charge in [0.2, 0.25) is 0 Å². The van der Waals surface area contributed by atoms with Crippen molar-refractivity contribution >= 4 is 29.9 Å². The van der Waals surface area contributed by atoms with Crippen LogP contribution >= 0.6 is 24.2 Å². The Morgan fingerprint density at radius 2 is 2.21 bits per heavy atom. The lowest BCUT2D eigenvalue weighted by Gasteiger charge is -2.24. The normalized spacial score (nSPS) is 20.6. The number of nitrogens with zero attached hydrogens (tertiary/aromatic N) is 1. The highest BCUT2D eigenvalue weighted by atomic mass is 35.5. The van der Waals surface area contributed by atoms with Gasteiger partial charge in [0.05, 0.1) is 0 Å². The lowest BCUT2D eigenvalue weighted by Crippen LogP contribution is -2.29. The van der Waals surface area contributed by atoms with E-state index in [0.717, 1.165) is 17.5 Å². The number of likely N-dealkylation sites (tertiary alicyclic amines) is 1. The zero-order valence-electron chi connectivity index (χ0n) is 11.7. The molecule has 0 bridgehead atoms. The van der Waals surface area contributed by atoms with Crippen molar-refractivity contribution < 1.29 is 0 Å². The van der Waals surface area contributed by atoms with Crippen molar-refractivity contribution in [2.45, 2.75) is 38.0 Å². The van der Waals surface area contributed by atoms with E-state index in [1.165, 1.54) is 43.7 Å². The quantitative estimate of drug-likeness (QED) is 0.858. The number of hydrogen-bond acceptors (Lipinski definition) is 3. The smallest absolute Gasteiger partial charge is 0.0317 e. The van der Waals surface area contributed by atoms with Crippen molar-refractivity contribution in [1.82, 2.24) is 4.90 Å². The Morgan fingerprint density at radius 1 is 1.37 bits per heavy atom. The number of nitrogens with two attached hydrogens (primary N) is 1. The summed E-state index contributed by atoms with van der Waals surface area (Å²) in [5.74, 6) is 1.23. The van der Waals surface area contributed by atoms with E-state index in [4.69, 9.17) is 5.73 Å². The predicted molar refractivity (Wildman–Crippen MR) is 89.2 cm³/mol. The van der Waals surface area contributed by atoms with Gasteiger partial charge in [-0.05, 0) is 42.8 Å². The van der Waals surface area contributed by atoms with Gasteiger partial charge in [0.25, 0.3) is 0 Å². The molecule has 0 aliphatic carbocycles. The lowest BCUT2D eigenvalue weighted by molar-refractivity contribution is 0.280. The van der Waals surface area contributed by atoms with Gasteiger partial charge in [-0.25, -0.2) is 0 Å². The molecule has 1 saturated heterocycles. The van der Waals surface area contributed by atoms with E-state index in [0.29, 0.717) is 0 Å². The molecule has 108 valence electrons. The van der Waals surface area contributed by atoms with Crippen LogP contribution in [0.25, 0.3) is 0 Å². The predicted octanol–water partition coefficient (Wildman–Crippen LogP) is 3.80. The third-order valence-electron chi connectivity index (χ3n) is 3.47. The van der Waals surface area contributed by atoms with Crippen LogP contribution < -0.4 is 5.73 Å². The molecule has 4 heteroatoms. The van der Waals surface area contributed by atoms with Gasteiger partial charge in [0, 0.05) is 24.0 Å². The first-order valence-electron chi connectivity index (χ1n) is 6.96. The summed E-state index contributed by atoms with van der Waals surface area (Å²) in [6, 6.07) is 8.30. The number of benzene rings is 1. The Labute approximate surface area is 127 Å². The van der Waals surface area contributed by atoms with Crippen LogP contribution in [0.1, 0.15) is 31.7 Å². The Morgan fingerprint density at radius 3 is 2.95 bits per heavy atom. The minimum absolute atomic E-state index is 0. The number of rotatable bonds is 4. The average molecular weight is 301 g/mol. The average Bonchev–Trinajstić information content (AvgIpc) is 2.55. The van der Waals surface area contributed by atoms with Gasteiger partial charge in [-0.1, -0.05) is 25.5 Å². The van der Waals surface area contributed by atoms with Gasteiger partial charge in [0.15, 0.2) is 0 Å². The molecule has 2 nitrogen and oxygen atoms in total. The van der Waals surface area contributed by atoms with Crippen LogP contribution in [-0.4, -0.2) is 29.0 Å². The van der Waals surface area contributed by atoms with Crippen LogP contribution in [-0.2, 0) is 6.54 Å². The number of hydrogen-bond donors (Lipinski definition) is 1. The van der Waals surface area contributed by atoms with Crippen molar-refractivity contribution in [3.8, 4) is 0 Å². The Bertz CT molecular complexity index is 373. The van der Waals surface area contributed by atoms with Gasteiger partial charge in [-0.15, -0.1) is 12.4 Å². The summed E-state index contributed by atoms with van der Waals surface area (Å²) in [7, 11) is 0. The molecular formula is C15H25ClN2S. The third kappa shape index (κ3) is 5.64. The van der Waals surface area contributed by atoms with Crippen LogP contribution in [0.15, 0.2) is 24.3 Å². The van der Waals surface area contributed by atoms with E-state index >= 15 is 0 Å². The summed E-state index contributed by atoms with van der Waals surface area (Å²) >= 11 is 2.12. The van der Waals surface area contributed by atoms with Crippen molar-refractivity contribution in [2.75, 3.05) is 24.6 Å². The minimum atomic E-state index is 0. The molecule has 1 atom stereocenters. The van der Waals surface area contributed by atoms with Crippen molar-refractivity contribution in [2.24, 2.45) is 0 Å². The van der Waals surface area contributed by atoms with Gasteiger partial charge < -0.3 is 5.73 Å². The molecule has 2 N–H and O–H groups in total. The summed E-state index contributed by atoms with van der Waals surface area (Å²) in [6.45, 7) is 5.77. The standard InChI is InChI=1S/C15H24N2S.ClH/c1-2-18-15-8-3-4-9-17(12-15)11-13-6-5-7-14(16)10-13;/h5-7,10,15H,2-4,8-9,11-12,16H2,1H3;1H. The van der Waals surface area contributed by atoms with E-state index in [-0.39, 0.29) is 12.4 Å². The SMILES string of the molecule is CCSC1CCCCN(Cc2cccc(N)c2)C1.Cl. The Hall–Kier alpha value is -0.380. The Balaban J connectivity index is 0.00000180. The lowest BCUT2D eigenvalue weighted by atomic mass is 10.2. The summed E-state index contributed by atoms with van der Waals surface area (Å²) < 4.78 is 0. The molecule has 1 unspecified atom stereocenters. The Kier molecular flexibility index (Phi) is 7.66. The van der Waals surface area contributed by atoms with Crippen LogP contribution in [0.5, 0.6) is 0 Å². The zero-order chi connectivity index (χ0) is 12.8. The first-order chi connectivity index (χ1) is 8.78. The molecule has 1 aliphatic rings. The highest BCUT2D eigenvalue weighted by Crippen LogP contribution is 2.23. The molecule has 2 rings (SSSR count). The van der Waals surface area contributed by atoms with E-state index in [2.05, 4.69) is 41.8 Å². The molecule has 1 aliphatic heterocycles. The second kappa shape index (κ2) is 8.72. The second-order valence-electron chi connectivity index (χ2n) is 5.05. The summed E-state index contributed by atoms with van der Waals surface area (Å²) in [6.07, 6.45) is 4.10. The second-order valence-corrected chi connectivity index (χ2v) is 6.63. The first-order valence-corrected chi connectivity index (χ1v) is 8.01. The zero-order valence-corrected chi connectivity index (χ0v) is 13.3. The molecule has 0 radical (unpaired) electrons. The number of anilines is 1. The van der Waals surface area contributed by atoms with Gasteiger partial charge >= 0.3 is 0 Å². The van der Waals surface area contributed by atoms with E-state index in [1.807, 2.05) is 6.07 Å². The number of thioether (sulfide) groups is 1. The maximum atomic E-state index is 5.85. The fourth-order valence-corrected chi connectivity index (χ4v) is 3.76. The van der Waals surface area contributed by atoms with Crippen LogP contribution in [0.4, 0.5) is 5.69 Å². The van der Waals surface area contributed by atoms with Crippen molar-refractivity contribution in [3.05, 3.63) is 29.8 Å². The molecule has 1 aromatic rings. The van der Waals surface area contributed by atoms with Crippen molar-refractivity contribution in [3.63, 3.8) is 0 Å². The topological polar surface area (TPSA) is 29.3 Å². The molecule has 0 saturated carbocycles. The van der Waals surface area contributed by atoms with Crippen LogP contribution in [0, 0.1) is 0 Å². The van der Waals surface area contributed by atoms with E-state index < -0.39 is 0 Å². The molecule has 1 heterocycles. The van der Waals surface area contributed by atoms with Crippen molar-refractivity contribution in [1.29, 1.82) is 0 Å². The highest BCUT2D eigenvalue weighted by molar-refractivity contribution is 7.99. The number of halogens is 1. The molecule has 0 spiro atoms. The summed E-state index contributed by atoms with van der Waals surface area (Å²) in [4.78, 5) is 2.59. The summed E-state index contributed by atoms with van der Waals surface area (Å²) in [5.41, 5.74) is 8.07. The van der Waals surface area contributed by atoms with E-state index in [9.17, 15) is 0 Å². The van der Waals surface area contributed by atoms with Gasteiger partial charge in [-0.2, -0.15) is 11.8 Å². The number of nitrogen functional groups attached to an aromatic ring is 1. The summed E-state index contributed by atoms with van der Waals surface area (Å²) in [5, 5.41) is 0.818. The largest absolute Gasteiger partial charge is 0.399 e. The molecular weight excluding hydrogens is 276 g/mol. The molecule has 19 heavy (non-hydrogen) atoms. The monoisotopic (exact) mass is 300 g/mol. The molecule has 0 amide bonds. The van der Waals surface area contributed by atoms with Crippen LogP contribution in [0.3, 0.4) is 0 Å². The highest BCUT2D eigenvalue weighted by Gasteiger charge is 2.17. The molecule has 1 fully saturated rings. The maximum absolute atomic E-state index is 5.85. The molecule has 0 aromatic heterocycles. The van der Waals surface area contributed by atoms with E-state index in [1.54, 1.807) is 0 Å². The minimum Gasteiger partial charge on any atom is -0.399 e. The fourth-order valence-electron chi connectivity index (χ4n) is 2.64. The molecule has 1 aromatic carbocycles. The van der Waals surface area contributed by atoms with Gasteiger partial charge in [0.1, 0.15) is 0 Å².